The lowest BCUT2D eigenvalue weighted by molar-refractivity contribution is 0.340. The van der Waals surface area contributed by atoms with Crippen molar-refractivity contribution < 1.29 is 4.74 Å². The molecule has 0 unspecified atom stereocenters. The maximum Gasteiger partial charge on any atom is 0.119 e. The molecular formula is C15H15IO. The molecule has 0 heterocycles. The molecule has 0 saturated heterocycles. The van der Waals surface area contributed by atoms with Crippen LogP contribution < -0.4 is 4.74 Å². The second-order valence-corrected chi connectivity index (χ2v) is 5.13. The lowest BCUT2D eigenvalue weighted by Gasteiger charge is -2.05. The standard InChI is InChI=1S/C15H15IO/c1-2-17-15-9-5-13(6-10-15)11-12-3-7-14(16)8-4-12/h3-10H,2,11H2,1H3. The molecule has 0 fully saturated rings. The lowest BCUT2D eigenvalue weighted by atomic mass is 10.1. The quantitative estimate of drug-likeness (QED) is 0.756. The zero-order valence-electron chi connectivity index (χ0n) is 9.82. The van der Waals surface area contributed by atoms with E-state index in [0.717, 1.165) is 18.8 Å². The van der Waals surface area contributed by atoms with E-state index in [2.05, 4.69) is 59.0 Å². The van der Waals surface area contributed by atoms with Crippen molar-refractivity contribution >= 4 is 22.6 Å². The lowest BCUT2D eigenvalue weighted by Crippen LogP contribution is -1.92. The third-order valence-corrected chi connectivity index (χ3v) is 3.28. The molecule has 0 aliphatic heterocycles. The largest absolute Gasteiger partial charge is 0.494 e. The predicted molar refractivity (Wildman–Crippen MR) is 79.6 cm³/mol. The van der Waals surface area contributed by atoms with Crippen LogP contribution in [0.4, 0.5) is 0 Å². The molecule has 0 saturated carbocycles. The summed E-state index contributed by atoms with van der Waals surface area (Å²) in [4.78, 5) is 0. The van der Waals surface area contributed by atoms with Crippen LogP contribution in [0.3, 0.4) is 0 Å². The summed E-state index contributed by atoms with van der Waals surface area (Å²) in [5, 5.41) is 0. The summed E-state index contributed by atoms with van der Waals surface area (Å²) in [6.07, 6.45) is 0.976. The van der Waals surface area contributed by atoms with E-state index in [4.69, 9.17) is 4.74 Å². The zero-order valence-corrected chi connectivity index (χ0v) is 12.0. The minimum atomic E-state index is 0.719. The van der Waals surface area contributed by atoms with Crippen LogP contribution >= 0.6 is 22.6 Å². The van der Waals surface area contributed by atoms with Gasteiger partial charge in [0.1, 0.15) is 5.75 Å². The summed E-state index contributed by atoms with van der Waals surface area (Å²) >= 11 is 2.32. The summed E-state index contributed by atoms with van der Waals surface area (Å²) in [5.41, 5.74) is 2.66. The van der Waals surface area contributed by atoms with Crippen LogP contribution in [-0.2, 0) is 6.42 Å². The highest BCUT2D eigenvalue weighted by Crippen LogP contribution is 2.16. The highest BCUT2D eigenvalue weighted by molar-refractivity contribution is 14.1. The van der Waals surface area contributed by atoms with Gasteiger partial charge in [-0.25, -0.2) is 0 Å². The van der Waals surface area contributed by atoms with Gasteiger partial charge in [-0.05, 0) is 71.3 Å². The van der Waals surface area contributed by atoms with Crippen LogP contribution in [-0.4, -0.2) is 6.61 Å². The van der Waals surface area contributed by atoms with Crippen molar-refractivity contribution in [3.05, 3.63) is 63.2 Å². The van der Waals surface area contributed by atoms with Gasteiger partial charge >= 0.3 is 0 Å². The molecule has 0 spiro atoms. The SMILES string of the molecule is CCOc1ccc(Cc2ccc(I)cc2)cc1. The zero-order chi connectivity index (χ0) is 12.1. The Labute approximate surface area is 116 Å². The first kappa shape index (κ1) is 12.4. The maximum absolute atomic E-state index is 5.43. The van der Waals surface area contributed by atoms with Gasteiger partial charge in [-0.2, -0.15) is 0 Å². The molecule has 88 valence electrons. The molecule has 2 heteroatoms. The molecule has 0 radical (unpaired) electrons. The Bertz CT molecular complexity index is 459. The van der Waals surface area contributed by atoms with Crippen molar-refractivity contribution in [2.75, 3.05) is 6.61 Å². The Balaban J connectivity index is 2.05. The maximum atomic E-state index is 5.43. The Morgan fingerprint density at radius 2 is 1.41 bits per heavy atom. The molecule has 0 aliphatic rings. The minimum absolute atomic E-state index is 0.719. The van der Waals surface area contributed by atoms with E-state index in [0.29, 0.717) is 0 Å². The van der Waals surface area contributed by atoms with Gasteiger partial charge < -0.3 is 4.74 Å². The molecule has 0 N–H and O–H groups in total. The van der Waals surface area contributed by atoms with Crippen LogP contribution in [0.15, 0.2) is 48.5 Å². The number of hydrogen-bond acceptors (Lipinski definition) is 1. The van der Waals surface area contributed by atoms with E-state index < -0.39 is 0 Å². The van der Waals surface area contributed by atoms with Gasteiger partial charge in [-0.15, -0.1) is 0 Å². The van der Waals surface area contributed by atoms with Crippen LogP contribution in [0.2, 0.25) is 0 Å². The molecule has 2 aromatic rings. The molecule has 0 atom stereocenters. The van der Waals surface area contributed by atoms with Gasteiger partial charge in [-0.3, -0.25) is 0 Å². The summed E-state index contributed by atoms with van der Waals surface area (Å²) in [7, 11) is 0. The number of ether oxygens (including phenoxy) is 1. The third-order valence-electron chi connectivity index (χ3n) is 2.56. The fraction of sp³-hybridized carbons (Fsp3) is 0.200. The molecule has 2 rings (SSSR count). The average Bonchev–Trinajstić information content (AvgIpc) is 2.35. The number of hydrogen-bond donors (Lipinski definition) is 0. The van der Waals surface area contributed by atoms with Crippen molar-refractivity contribution in [3.63, 3.8) is 0 Å². The highest BCUT2D eigenvalue weighted by Gasteiger charge is 1.97. The second kappa shape index (κ2) is 6.05. The summed E-state index contributed by atoms with van der Waals surface area (Å²) < 4.78 is 6.70. The first-order valence-corrected chi connectivity index (χ1v) is 6.82. The Kier molecular flexibility index (Phi) is 4.42. The number of rotatable bonds is 4. The van der Waals surface area contributed by atoms with Crippen molar-refractivity contribution in [2.45, 2.75) is 13.3 Å². The second-order valence-electron chi connectivity index (χ2n) is 3.88. The molecule has 0 aromatic heterocycles. The smallest absolute Gasteiger partial charge is 0.119 e. The van der Waals surface area contributed by atoms with Gasteiger partial charge in [0.2, 0.25) is 0 Å². The van der Waals surface area contributed by atoms with E-state index >= 15 is 0 Å². The molecule has 17 heavy (non-hydrogen) atoms. The topological polar surface area (TPSA) is 9.23 Å². The normalized spacial score (nSPS) is 10.2. The summed E-state index contributed by atoms with van der Waals surface area (Å²) in [5.74, 6) is 0.943. The van der Waals surface area contributed by atoms with Crippen LogP contribution in [0.25, 0.3) is 0 Å². The van der Waals surface area contributed by atoms with E-state index in [1.54, 1.807) is 0 Å². The average molecular weight is 338 g/mol. The van der Waals surface area contributed by atoms with E-state index in [-0.39, 0.29) is 0 Å². The predicted octanol–water partition coefficient (Wildman–Crippen LogP) is 4.28. The molecule has 1 nitrogen and oxygen atoms in total. The van der Waals surface area contributed by atoms with E-state index in [1.807, 2.05) is 19.1 Å². The number of halogens is 1. The third kappa shape index (κ3) is 3.73. The van der Waals surface area contributed by atoms with E-state index in [9.17, 15) is 0 Å². The van der Waals surface area contributed by atoms with E-state index in [1.165, 1.54) is 14.7 Å². The van der Waals surface area contributed by atoms with Crippen LogP contribution in [0, 0.1) is 3.57 Å². The first-order chi connectivity index (χ1) is 8.28. The van der Waals surface area contributed by atoms with Crippen molar-refractivity contribution in [2.24, 2.45) is 0 Å². The van der Waals surface area contributed by atoms with Crippen LogP contribution in [0.5, 0.6) is 5.75 Å². The molecule has 0 aliphatic carbocycles. The van der Waals surface area contributed by atoms with Crippen molar-refractivity contribution in [1.82, 2.24) is 0 Å². The molecule has 2 aromatic carbocycles. The van der Waals surface area contributed by atoms with Gasteiger partial charge in [0.15, 0.2) is 0 Å². The molecular weight excluding hydrogens is 323 g/mol. The van der Waals surface area contributed by atoms with Gasteiger partial charge in [0, 0.05) is 3.57 Å². The van der Waals surface area contributed by atoms with Gasteiger partial charge in [0.25, 0.3) is 0 Å². The highest BCUT2D eigenvalue weighted by atomic mass is 127. The minimum Gasteiger partial charge on any atom is -0.494 e. The van der Waals surface area contributed by atoms with Crippen LogP contribution in [0.1, 0.15) is 18.1 Å². The fourth-order valence-corrected chi connectivity index (χ4v) is 2.07. The number of benzene rings is 2. The molecule has 0 bridgehead atoms. The van der Waals surface area contributed by atoms with Crippen molar-refractivity contribution in [3.8, 4) is 5.75 Å². The van der Waals surface area contributed by atoms with Gasteiger partial charge in [0.05, 0.1) is 6.61 Å². The Morgan fingerprint density at radius 1 is 0.882 bits per heavy atom. The fourth-order valence-electron chi connectivity index (χ4n) is 1.71. The van der Waals surface area contributed by atoms with Crippen molar-refractivity contribution in [1.29, 1.82) is 0 Å². The Morgan fingerprint density at radius 3 is 1.94 bits per heavy atom. The first-order valence-electron chi connectivity index (χ1n) is 5.74. The van der Waals surface area contributed by atoms with Gasteiger partial charge in [-0.1, -0.05) is 24.3 Å². The monoisotopic (exact) mass is 338 g/mol. The molecule has 0 amide bonds. The summed E-state index contributed by atoms with van der Waals surface area (Å²) in [6.45, 7) is 2.72. The summed E-state index contributed by atoms with van der Waals surface area (Å²) in [6, 6.07) is 17.0. The Hall–Kier alpha value is -1.03.